The summed E-state index contributed by atoms with van der Waals surface area (Å²) in [6.45, 7) is 7.19. The number of nitrogens with one attached hydrogen (secondary N) is 2. The first kappa shape index (κ1) is 21.0. The van der Waals surface area contributed by atoms with Crippen molar-refractivity contribution in [3.8, 4) is 5.75 Å². The molecule has 1 aliphatic heterocycles. The van der Waals surface area contributed by atoms with Crippen molar-refractivity contribution < 1.29 is 14.3 Å². The fraction of sp³-hybridized carbons (Fsp3) is 0.500. The molecule has 0 aliphatic carbocycles. The molecular formula is C20H27N5O3S. The Labute approximate surface area is 174 Å². The van der Waals surface area contributed by atoms with Crippen molar-refractivity contribution in [2.24, 2.45) is 0 Å². The number of carbonyl (C=O) groups is 2. The van der Waals surface area contributed by atoms with Crippen molar-refractivity contribution in [3.63, 3.8) is 0 Å². The quantitative estimate of drug-likeness (QED) is 0.794. The van der Waals surface area contributed by atoms with Gasteiger partial charge in [-0.2, -0.15) is 0 Å². The maximum Gasteiger partial charge on any atom is 0.317 e. The molecule has 2 aromatic rings. The molecule has 1 aromatic heterocycles. The molecule has 156 valence electrons. The molecule has 9 heteroatoms. The SMILES string of the molecule is COc1ccc(NC(=O)c2nnc(C3CCCN(C(=O)NC(C)(C)C)C3)s2)cc1. The molecule has 1 atom stereocenters. The highest BCUT2D eigenvalue weighted by Gasteiger charge is 2.29. The summed E-state index contributed by atoms with van der Waals surface area (Å²) in [6.07, 6.45) is 1.82. The number of hydrogen-bond acceptors (Lipinski definition) is 6. The predicted molar refractivity (Wildman–Crippen MR) is 113 cm³/mol. The number of carbonyl (C=O) groups excluding carboxylic acids is 2. The number of benzene rings is 1. The zero-order chi connectivity index (χ0) is 21.0. The molecule has 0 radical (unpaired) electrons. The highest BCUT2D eigenvalue weighted by molar-refractivity contribution is 7.13. The predicted octanol–water partition coefficient (Wildman–Crippen LogP) is 3.49. The fourth-order valence-corrected chi connectivity index (χ4v) is 3.98. The van der Waals surface area contributed by atoms with Crippen LogP contribution in [0.4, 0.5) is 10.5 Å². The van der Waals surface area contributed by atoms with Crippen LogP contribution in [0.15, 0.2) is 24.3 Å². The fourth-order valence-electron chi connectivity index (χ4n) is 3.11. The van der Waals surface area contributed by atoms with E-state index < -0.39 is 0 Å². The lowest BCUT2D eigenvalue weighted by atomic mass is 9.99. The average molecular weight is 418 g/mol. The minimum absolute atomic E-state index is 0.0656. The minimum atomic E-state index is -0.294. The third kappa shape index (κ3) is 5.66. The number of amides is 3. The zero-order valence-corrected chi connectivity index (χ0v) is 18.0. The first-order valence-electron chi connectivity index (χ1n) is 9.61. The molecule has 29 heavy (non-hydrogen) atoms. The third-order valence-electron chi connectivity index (χ3n) is 4.52. The molecule has 8 nitrogen and oxygen atoms in total. The van der Waals surface area contributed by atoms with Crippen LogP contribution in [0, 0.1) is 0 Å². The van der Waals surface area contributed by atoms with E-state index in [-0.39, 0.29) is 23.4 Å². The number of hydrogen-bond donors (Lipinski definition) is 2. The largest absolute Gasteiger partial charge is 0.497 e. The second kappa shape index (κ2) is 8.77. The van der Waals surface area contributed by atoms with Gasteiger partial charge in [-0.05, 0) is 57.9 Å². The van der Waals surface area contributed by atoms with E-state index in [1.807, 2.05) is 25.7 Å². The van der Waals surface area contributed by atoms with Crippen LogP contribution in [0.3, 0.4) is 0 Å². The first-order chi connectivity index (χ1) is 13.7. The second-order valence-corrected chi connectivity index (χ2v) is 9.10. The molecule has 1 saturated heterocycles. The maximum atomic E-state index is 12.5. The number of methoxy groups -OCH3 is 1. The minimum Gasteiger partial charge on any atom is -0.497 e. The summed E-state index contributed by atoms with van der Waals surface area (Å²) in [6, 6.07) is 7.03. The van der Waals surface area contributed by atoms with Crippen molar-refractivity contribution in [3.05, 3.63) is 34.3 Å². The van der Waals surface area contributed by atoms with Crippen LogP contribution >= 0.6 is 11.3 Å². The Kier molecular flexibility index (Phi) is 6.36. The van der Waals surface area contributed by atoms with Gasteiger partial charge in [0.05, 0.1) is 7.11 Å². The van der Waals surface area contributed by atoms with Crippen molar-refractivity contribution in [1.29, 1.82) is 0 Å². The van der Waals surface area contributed by atoms with Crippen LogP contribution in [-0.2, 0) is 0 Å². The van der Waals surface area contributed by atoms with E-state index in [1.165, 1.54) is 11.3 Å². The molecular weight excluding hydrogens is 390 g/mol. The Hall–Kier alpha value is -2.68. The average Bonchev–Trinajstić information content (AvgIpc) is 3.18. The highest BCUT2D eigenvalue weighted by atomic mass is 32.1. The van der Waals surface area contributed by atoms with E-state index >= 15 is 0 Å². The van der Waals surface area contributed by atoms with Gasteiger partial charge >= 0.3 is 6.03 Å². The molecule has 3 rings (SSSR count). The van der Waals surface area contributed by atoms with E-state index in [4.69, 9.17) is 4.74 Å². The van der Waals surface area contributed by atoms with Gasteiger partial charge in [0, 0.05) is 30.2 Å². The van der Waals surface area contributed by atoms with Crippen molar-refractivity contribution >= 4 is 29.0 Å². The highest BCUT2D eigenvalue weighted by Crippen LogP contribution is 2.29. The zero-order valence-electron chi connectivity index (χ0n) is 17.2. The molecule has 1 fully saturated rings. The number of likely N-dealkylation sites (tertiary alicyclic amines) is 1. The van der Waals surface area contributed by atoms with E-state index in [0.29, 0.717) is 17.2 Å². The van der Waals surface area contributed by atoms with E-state index in [1.54, 1.807) is 31.4 Å². The summed E-state index contributed by atoms with van der Waals surface area (Å²) in [5.41, 5.74) is 0.384. The number of urea groups is 1. The Morgan fingerprint density at radius 3 is 2.59 bits per heavy atom. The van der Waals surface area contributed by atoms with Gasteiger partial charge in [0.1, 0.15) is 10.8 Å². The number of anilines is 1. The van der Waals surface area contributed by atoms with E-state index in [9.17, 15) is 9.59 Å². The summed E-state index contributed by atoms with van der Waals surface area (Å²) in [4.78, 5) is 26.8. The molecule has 1 aromatic carbocycles. The molecule has 0 bridgehead atoms. The van der Waals surface area contributed by atoms with Crippen molar-refractivity contribution in [1.82, 2.24) is 20.4 Å². The van der Waals surface area contributed by atoms with Gasteiger partial charge in [0.25, 0.3) is 5.91 Å². The second-order valence-electron chi connectivity index (χ2n) is 8.09. The van der Waals surface area contributed by atoms with Gasteiger partial charge in [-0.3, -0.25) is 4.79 Å². The van der Waals surface area contributed by atoms with Crippen LogP contribution in [0.25, 0.3) is 0 Å². The Balaban J connectivity index is 1.62. The van der Waals surface area contributed by atoms with Gasteiger partial charge in [0.15, 0.2) is 0 Å². The molecule has 0 spiro atoms. The molecule has 3 amide bonds. The van der Waals surface area contributed by atoms with Crippen LogP contribution in [0.5, 0.6) is 5.75 Å². The summed E-state index contributed by atoms with van der Waals surface area (Å²) in [5.74, 6) is 0.519. The number of piperidine rings is 1. The van der Waals surface area contributed by atoms with Gasteiger partial charge in [-0.25, -0.2) is 4.79 Å². The molecule has 0 saturated carbocycles. The van der Waals surface area contributed by atoms with Crippen LogP contribution in [-0.4, -0.2) is 52.8 Å². The first-order valence-corrected chi connectivity index (χ1v) is 10.4. The normalized spacial score (nSPS) is 17.0. The number of rotatable bonds is 4. The maximum absolute atomic E-state index is 12.5. The third-order valence-corrected chi connectivity index (χ3v) is 5.61. The van der Waals surface area contributed by atoms with E-state index in [2.05, 4.69) is 20.8 Å². The monoisotopic (exact) mass is 417 g/mol. The van der Waals surface area contributed by atoms with Gasteiger partial charge in [-0.1, -0.05) is 11.3 Å². The topological polar surface area (TPSA) is 96.4 Å². The van der Waals surface area contributed by atoms with Gasteiger partial charge < -0.3 is 20.3 Å². The standard InChI is InChI=1S/C20H27N5O3S/c1-20(2,3)22-19(27)25-11-5-6-13(12-25)17-23-24-18(29-17)16(26)21-14-7-9-15(28-4)10-8-14/h7-10,13H,5-6,11-12H2,1-4H3,(H,21,26)(H,22,27). The summed E-state index contributed by atoms with van der Waals surface area (Å²) >= 11 is 1.28. The lowest BCUT2D eigenvalue weighted by molar-refractivity contribution is 0.102. The number of aromatic nitrogens is 2. The van der Waals surface area contributed by atoms with Gasteiger partial charge in [0.2, 0.25) is 5.01 Å². The Bertz CT molecular complexity index is 860. The molecule has 1 aliphatic rings. The number of nitrogens with zero attached hydrogens (tertiary/aromatic N) is 3. The smallest absolute Gasteiger partial charge is 0.317 e. The summed E-state index contributed by atoms with van der Waals surface area (Å²) in [7, 11) is 1.59. The molecule has 2 N–H and O–H groups in total. The molecule has 2 heterocycles. The van der Waals surface area contributed by atoms with Crippen LogP contribution in [0.2, 0.25) is 0 Å². The summed E-state index contributed by atoms with van der Waals surface area (Å²) in [5, 5.41) is 15.2. The van der Waals surface area contributed by atoms with Crippen LogP contribution in [0.1, 0.15) is 54.3 Å². The Morgan fingerprint density at radius 2 is 1.93 bits per heavy atom. The van der Waals surface area contributed by atoms with E-state index in [0.717, 1.165) is 30.1 Å². The molecule has 1 unspecified atom stereocenters. The summed E-state index contributed by atoms with van der Waals surface area (Å²) < 4.78 is 5.12. The number of ether oxygens (including phenoxy) is 1. The van der Waals surface area contributed by atoms with Crippen molar-refractivity contribution in [2.45, 2.75) is 45.1 Å². The van der Waals surface area contributed by atoms with Crippen molar-refractivity contribution in [2.75, 3.05) is 25.5 Å². The Morgan fingerprint density at radius 1 is 1.21 bits per heavy atom. The van der Waals surface area contributed by atoms with Crippen LogP contribution < -0.4 is 15.4 Å². The van der Waals surface area contributed by atoms with Gasteiger partial charge in [-0.15, -0.1) is 10.2 Å². The lowest BCUT2D eigenvalue weighted by Crippen LogP contribution is -2.51. The lowest BCUT2D eigenvalue weighted by Gasteiger charge is -2.34.